The largest absolute Gasteiger partial charge is 0.493 e. The van der Waals surface area contributed by atoms with Gasteiger partial charge in [-0.25, -0.2) is 0 Å². The highest BCUT2D eigenvalue weighted by Gasteiger charge is 2.16. The first-order chi connectivity index (χ1) is 7.52. The lowest BCUT2D eigenvalue weighted by Gasteiger charge is -2.08. The summed E-state index contributed by atoms with van der Waals surface area (Å²) in [7, 11) is 0. The minimum atomic E-state index is -0.495. The van der Waals surface area contributed by atoms with Crippen molar-refractivity contribution >= 4 is 17.7 Å². The van der Waals surface area contributed by atoms with Gasteiger partial charge in [0.25, 0.3) is 5.56 Å². The van der Waals surface area contributed by atoms with E-state index in [1.54, 1.807) is 13.8 Å². The molecule has 0 aromatic carbocycles. The molecule has 1 rings (SSSR count). The van der Waals surface area contributed by atoms with Crippen LogP contribution >= 0.6 is 11.8 Å². The molecule has 1 aromatic heterocycles. The van der Waals surface area contributed by atoms with Crippen LogP contribution in [0.15, 0.2) is 16.0 Å². The average Bonchev–Trinajstić information content (AvgIpc) is 2.16. The van der Waals surface area contributed by atoms with Crippen molar-refractivity contribution in [3.05, 3.63) is 16.4 Å². The van der Waals surface area contributed by atoms with E-state index in [0.29, 0.717) is 6.61 Å². The number of ether oxygens (including phenoxy) is 1. The highest BCUT2D eigenvalue weighted by Crippen LogP contribution is 2.20. The Morgan fingerprint density at radius 3 is 3.00 bits per heavy atom. The van der Waals surface area contributed by atoms with Gasteiger partial charge in [-0.2, -0.15) is 4.98 Å². The average molecular weight is 244 g/mol. The van der Waals surface area contributed by atoms with Gasteiger partial charge in [0.1, 0.15) is 5.25 Å². The molecule has 16 heavy (non-hydrogen) atoms. The molecule has 0 aliphatic heterocycles. The number of hydrogen-bond donors (Lipinski definition) is 2. The fourth-order valence-electron chi connectivity index (χ4n) is 0.954. The van der Waals surface area contributed by atoms with Crippen molar-refractivity contribution in [3.8, 4) is 5.88 Å². The fourth-order valence-corrected chi connectivity index (χ4v) is 1.76. The summed E-state index contributed by atoms with van der Waals surface area (Å²) in [6.45, 7) is 3.64. The van der Waals surface area contributed by atoms with Crippen molar-refractivity contribution < 1.29 is 14.6 Å². The molecule has 0 radical (unpaired) electrons. The molecule has 1 unspecified atom stereocenters. The number of aromatic amines is 1. The van der Waals surface area contributed by atoms with E-state index in [-0.39, 0.29) is 11.0 Å². The molecular weight excluding hydrogens is 232 g/mol. The van der Waals surface area contributed by atoms with Crippen molar-refractivity contribution in [2.75, 3.05) is 6.61 Å². The third kappa shape index (κ3) is 3.58. The smallest absolute Gasteiger partial charge is 0.319 e. The predicted octanol–water partition coefficient (Wildman–Crippen LogP) is 0.519. The zero-order valence-corrected chi connectivity index (χ0v) is 9.71. The third-order valence-electron chi connectivity index (χ3n) is 1.61. The van der Waals surface area contributed by atoms with Gasteiger partial charge in [0, 0.05) is 0 Å². The van der Waals surface area contributed by atoms with Crippen LogP contribution in [0, 0.1) is 0 Å². The molecule has 88 valence electrons. The van der Waals surface area contributed by atoms with Gasteiger partial charge in [0.05, 0.1) is 12.7 Å². The Kier molecular flexibility index (Phi) is 4.36. The highest BCUT2D eigenvalue weighted by atomic mass is 32.2. The number of thioether (sulfide) groups is 1. The first kappa shape index (κ1) is 12.6. The Morgan fingerprint density at radius 1 is 1.75 bits per heavy atom. The van der Waals surface area contributed by atoms with E-state index in [2.05, 4.69) is 9.97 Å². The Labute approximate surface area is 96.0 Å². The normalized spacial score (nSPS) is 12.1. The van der Waals surface area contributed by atoms with E-state index in [1.807, 2.05) is 0 Å². The third-order valence-corrected chi connectivity index (χ3v) is 2.58. The van der Waals surface area contributed by atoms with Crippen molar-refractivity contribution in [2.24, 2.45) is 0 Å². The summed E-state index contributed by atoms with van der Waals surface area (Å²) in [5, 5.41) is 8.78. The lowest BCUT2D eigenvalue weighted by Crippen LogP contribution is -2.18. The number of H-pyrrole nitrogens is 1. The second-order valence-corrected chi connectivity index (χ2v) is 4.25. The quantitative estimate of drug-likeness (QED) is 0.455. The molecule has 0 aliphatic carbocycles. The van der Waals surface area contributed by atoms with Crippen LogP contribution in [0.1, 0.15) is 13.8 Å². The van der Waals surface area contributed by atoms with Gasteiger partial charge >= 0.3 is 5.97 Å². The molecule has 0 aliphatic rings. The van der Waals surface area contributed by atoms with Crippen molar-refractivity contribution in [1.29, 1.82) is 0 Å². The molecule has 0 bridgehead atoms. The molecule has 0 fully saturated rings. The first-order valence-electron chi connectivity index (χ1n) is 4.66. The van der Waals surface area contributed by atoms with Gasteiger partial charge in [-0.3, -0.25) is 9.59 Å². The van der Waals surface area contributed by atoms with E-state index in [9.17, 15) is 9.59 Å². The number of carbonyl (C=O) groups excluding carboxylic acids is 1. The van der Waals surface area contributed by atoms with Crippen LogP contribution in [0.25, 0.3) is 0 Å². The molecular formula is C9H12N2O4S. The van der Waals surface area contributed by atoms with Gasteiger partial charge < -0.3 is 14.8 Å². The Balaban J connectivity index is 2.72. The maximum atomic E-state index is 11.3. The maximum absolute atomic E-state index is 11.3. The Bertz CT molecular complexity index is 432. The van der Waals surface area contributed by atoms with Crippen LogP contribution < -0.4 is 5.56 Å². The van der Waals surface area contributed by atoms with E-state index in [1.165, 1.54) is 0 Å². The first-order valence-corrected chi connectivity index (χ1v) is 5.54. The number of aromatic hydroxyl groups is 1. The molecule has 0 saturated heterocycles. The molecule has 0 spiro atoms. The summed E-state index contributed by atoms with van der Waals surface area (Å²) in [4.78, 5) is 28.4. The zero-order valence-electron chi connectivity index (χ0n) is 8.89. The number of nitrogens with one attached hydrogen (secondary N) is 1. The van der Waals surface area contributed by atoms with E-state index in [0.717, 1.165) is 17.8 Å². The molecule has 6 nitrogen and oxygen atoms in total. The number of esters is 1. The molecule has 7 heteroatoms. The second kappa shape index (κ2) is 5.55. The van der Waals surface area contributed by atoms with Gasteiger partial charge in [-0.1, -0.05) is 11.8 Å². The van der Waals surface area contributed by atoms with Crippen LogP contribution in [0.3, 0.4) is 0 Å². The summed E-state index contributed by atoms with van der Waals surface area (Å²) in [6, 6.07) is 0.957. The lowest BCUT2D eigenvalue weighted by molar-refractivity contribution is -0.142. The number of carbonyl (C=O) groups is 1. The molecule has 0 amide bonds. The minimum Gasteiger partial charge on any atom is -0.493 e. The fraction of sp³-hybridized carbons (Fsp3) is 0.444. The van der Waals surface area contributed by atoms with Gasteiger partial charge in [-0.15, -0.1) is 0 Å². The number of rotatable bonds is 4. The Morgan fingerprint density at radius 2 is 2.44 bits per heavy atom. The summed E-state index contributed by atoms with van der Waals surface area (Å²) in [5.74, 6) is -0.763. The molecule has 0 saturated carbocycles. The topological polar surface area (TPSA) is 92.3 Å². The van der Waals surface area contributed by atoms with Crippen LogP contribution in [-0.2, 0) is 9.53 Å². The molecule has 1 aromatic rings. The van der Waals surface area contributed by atoms with Crippen LogP contribution in [-0.4, -0.2) is 32.9 Å². The lowest BCUT2D eigenvalue weighted by atomic mass is 10.5. The van der Waals surface area contributed by atoms with Crippen LogP contribution in [0.2, 0.25) is 0 Å². The monoisotopic (exact) mass is 244 g/mol. The summed E-state index contributed by atoms with van der Waals surface area (Å²) in [6.07, 6.45) is 0. The highest BCUT2D eigenvalue weighted by molar-refractivity contribution is 8.00. The summed E-state index contributed by atoms with van der Waals surface area (Å²) in [5.41, 5.74) is -0.467. The van der Waals surface area contributed by atoms with E-state index in [4.69, 9.17) is 9.84 Å². The van der Waals surface area contributed by atoms with Crippen molar-refractivity contribution in [2.45, 2.75) is 24.3 Å². The Hall–Kier alpha value is -1.50. The van der Waals surface area contributed by atoms with E-state index < -0.39 is 16.8 Å². The van der Waals surface area contributed by atoms with Crippen molar-refractivity contribution in [1.82, 2.24) is 9.97 Å². The van der Waals surface area contributed by atoms with Gasteiger partial charge in [0.15, 0.2) is 5.16 Å². The maximum Gasteiger partial charge on any atom is 0.319 e. The van der Waals surface area contributed by atoms with Crippen LogP contribution in [0.4, 0.5) is 0 Å². The molecule has 1 atom stereocenters. The zero-order chi connectivity index (χ0) is 12.1. The molecule has 1 heterocycles. The summed E-state index contributed by atoms with van der Waals surface area (Å²) >= 11 is 1.02. The number of aromatic nitrogens is 2. The standard InChI is InChI=1S/C9H12N2O4S/c1-3-15-8(14)5(2)16-9-10-6(12)4-7(13)11-9/h4-5H,3H2,1-2H3,(H2,10,11,12,13). The SMILES string of the molecule is CCOC(=O)C(C)Sc1nc(O)cc(=O)[nH]1. The predicted molar refractivity (Wildman–Crippen MR) is 58.5 cm³/mol. The van der Waals surface area contributed by atoms with Crippen LogP contribution in [0.5, 0.6) is 5.88 Å². The van der Waals surface area contributed by atoms with Crippen molar-refractivity contribution in [3.63, 3.8) is 0 Å². The molecule has 2 N–H and O–H groups in total. The van der Waals surface area contributed by atoms with Gasteiger partial charge in [-0.05, 0) is 13.8 Å². The number of nitrogens with zero attached hydrogens (tertiary/aromatic N) is 1. The minimum absolute atomic E-state index is 0.186. The second-order valence-electron chi connectivity index (χ2n) is 2.92. The van der Waals surface area contributed by atoms with Gasteiger partial charge in [0.2, 0.25) is 5.88 Å². The number of hydrogen-bond acceptors (Lipinski definition) is 6. The van der Waals surface area contributed by atoms with E-state index >= 15 is 0 Å². The summed E-state index contributed by atoms with van der Waals surface area (Å²) < 4.78 is 4.79.